The molecule has 4 rings (SSSR count). The zero-order valence-corrected chi connectivity index (χ0v) is 17.6. The Morgan fingerprint density at radius 1 is 1.03 bits per heavy atom. The topological polar surface area (TPSA) is 101 Å². The van der Waals surface area contributed by atoms with Crippen LogP contribution in [-0.4, -0.2) is 21.7 Å². The molecule has 8 heteroatoms. The van der Waals surface area contributed by atoms with Crippen LogP contribution in [0.1, 0.15) is 22.7 Å². The van der Waals surface area contributed by atoms with E-state index in [0.29, 0.717) is 21.8 Å². The molecule has 1 heterocycles. The number of nitro benzene ring substituents is 1. The Balaban J connectivity index is 1.96. The van der Waals surface area contributed by atoms with Gasteiger partial charge in [-0.1, -0.05) is 41.4 Å². The summed E-state index contributed by atoms with van der Waals surface area (Å²) in [4.78, 5) is 38.2. The highest BCUT2D eigenvalue weighted by Gasteiger charge is 2.47. The number of rotatable bonds is 4. The highest BCUT2D eigenvalue weighted by molar-refractivity contribution is 6.51. The molecule has 0 aromatic heterocycles. The molecule has 32 heavy (non-hydrogen) atoms. The van der Waals surface area contributed by atoms with Gasteiger partial charge in [0.05, 0.1) is 16.5 Å². The van der Waals surface area contributed by atoms with E-state index in [1.54, 1.807) is 42.5 Å². The summed E-state index contributed by atoms with van der Waals surface area (Å²) in [7, 11) is 0. The molecule has 0 bridgehead atoms. The lowest BCUT2D eigenvalue weighted by Crippen LogP contribution is -2.29. The van der Waals surface area contributed by atoms with Gasteiger partial charge in [-0.2, -0.15) is 0 Å². The van der Waals surface area contributed by atoms with E-state index in [-0.39, 0.29) is 17.0 Å². The smallest absolute Gasteiger partial charge is 0.300 e. The molecule has 160 valence electrons. The summed E-state index contributed by atoms with van der Waals surface area (Å²) in [6.45, 7) is 1.89. The fourth-order valence-corrected chi connectivity index (χ4v) is 3.82. The van der Waals surface area contributed by atoms with E-state index < -0.39 is 22.7 Å². The Labute approximate surface area is 188 Å². The second-order valence-electron chi connectivity index (χ2n) is 7.36. The Morgan fingerprint density at radius 3 is 2.31 bits per heavy atom. The van der Waals surface area contributed by atoms with E-state index in [9.17, 15) is 24.8 Å². The Kier molecular flexibility index (Phi) is 5.50. The van der Waals surface area contributed by atoms with Gasteiger partial charge in [-0.05, 0) is 48.9 Å². The zero-order valence-electron chi connectivity index (χ0n) is 16.9. The zero-order chi connectivity index (χ0) is 23.0. The van der Waals surface area contributed by atoms with Crippen LogP contribution in [-0.2, 0) is 9.59 Å². The number of benzene rings is 3. The molecule has 3 aromatic rings. The first kappa shape index (κ1) is 21.3. The first-order valence-electron chi connectivity index (χ1n) is 9.66. The summed E-state index contributed by atoms with van der Waals surface area (Å²) >= 11 is 5.92. The van der Waals surface area contributed by atoms with Crippen LogP contribution in [0.5, 0.6) is 0 Å². The quantitative estimate of drug-likeness (QED) is 0.195. The van der Waals surface area contributed by atoms with Crippen molar-refractivity contribution in [2.45, 2.75) is 13.0 Å². The molecule has 3 aromatic carbocycles. The molecule has 0 unspecified atom stereocenters. The highest BCUT2D eigenvalue weighted by atomic mass is 35.5. The van der Waals surface area contributed by atoms with Crippen LogP contribution in [0, 0.1) is 17.0 Å². The van der Waals surface area contributed by atoms with E-state index in [1.807, 2.05) is 6.92 Å². The number of hydrogen-bond donors (Lipinski definition) is 1. The molecule has 0 radical (unpaired) electrons. The number of amides is 1. The fraction of sp³-hybridized carbons (Fsp3) is 0.0833. The second-order valence-corrected chi connectivity index (χ2v) is 7.80. The first-order chi connectivity index (χ1) is 15.3. The molecule has 1 amide bonds. The normalized spacial score (nSPS) is 17.6. The molecule has 1 aliphatic heterocycles. The minimum absolute atomic E-state index is 0.154. The van der Waals surface area contributed by atoms with Gasteiger partial charge in [0.15, 0.2) is 0 Å². The van der Waals surface area contributed by atoms with E-state index in [4.69, 9.17) is 11.6 Å². The summed E-state index contributed by atoms with van der Waals surface area (Å²) in [5, 5.41) is 22.8. The van der Waals surface area contributed by atoms with Crippen molar-refractivity contribution >= 4 is 40.4 Å². The maximum atomic E-state index is 13.1. The van der Waals surface area contributed by atoms with E-state index in [2.05, 4.69) is 0 Å². The van der Waals surface area contributed by atoms with Crippen molar-refractivity contribution in [1.29, 1.82) is 0 Å². The third-order valence-corrected chi connectivity index (χ3v) is 5.52. The minimum Gasteiger partial charge on any atom is -0.507 e. The number of Topliss-reactive ketones (excluding diaryl/α,β-unsaturated/α-hetero) is 1. The molecule has 1 atom stereocenters. The summed E-state index contributed by atoms with van der Waals surface area (Å²) in [5.41, 5.74) is 1.67. The number of aryl methyl sites for hydroxylation is 1. The van der Waals surface area contributed by atoms with Crippen molar-refractivity contribution in [2.75, 3.05) is 4.90 Å². The van der Waals surface area contributed by atoms with Crippen LogP contribution >= 0.6 is 11.6 Å². The summed E-state index contributed by atoms with van der Waals surface area (Å²) in [5.74, 6) is -2.10. The maximum absolute atomic E-state index is 13.1. The summed E-state index contributed by atoms with van der Waals surface area (Å²) in [6.07, 6.45) is 0. The number of aliphatic hydroxyl groups excluding tert-OH is 1. The second kappa shape index (κ2) is 8.28. The Hall–Kier alpha value is -3.97. The van der Waals surface area contributed by atoms with Crippen molar-refractivity contribution in [3.8, 4) is 0 Å². The van der Waals surface area contributed by atoms with Crippen molar-refractivity contribution in [3.05, 3.63) is 110 Å². The van der Waals surface area contributed by atoms with Gasteiger partial charge in [0.2, 0.25) is 0 Å². The van der Waals surface area contributed by atoms with Gasteiger partial charge in [-0.25, -0.2) is 0 Å². The van der Waals surface area contributed by atoms with Crippen molar-refractivity contribution in [3.63, 3.8) is 0 Å². The lowest BCUT2D eigenvalue weighted by Gasteiger charge is -2.25. The molecule has 0 spiro atoms. The van der Waals surface area contributed by atoms with E-state index in [0.717, 1.165) is 5.56 Å². The fourth-order valence-electron chi connectivity index (χ4n) is 3.69. The number of carbonyl (C=O) groups is 2. The average molecular weight is 449 g/mol. The molecule has 7 nitrogen and oxygen atoms in total. The number of ketones is 1. The van der Waals surface area contributed by atoms with Crippen molar-refractivity contribution < 1.29 is 19.6 Å². The van der Waals surface area contributed by atoms with Gasteiger partial charge in [-0.3, -0.25) is 24.6 Å². The largest absolute Gasteiger partial charge is 0.507 e. The standard InChI is InChI=1S/C24H17ClN2O5/c1-14-5-11-18(12-6-14)26-21(16-3-2-4-19(13-16)27(31)32)20(23(29)24(26)30)22(28)15-7-9-17(25)10-8-15/h2-13,21,28H,1H3/b22-20+/t21-/m0/s1. The monoisotopic (exact) mass is 448 g/mol. The van der Waals surface area contributed by atoms with Crippen molar-refractivity contribution in [1.82, 2.24) is 0 Å². The number of anilines is 1. The third kappa shape index (κ3) is 3.74. The van der Waals surface area contributed by atoms with E-state index in [1.165, 1.54) is 35.2 Å². The number of nitro groups is 1. The number of halogens is 1. The maximum Gasteiger partial charge on any atom is 0.300 e. The van der Waals surface area contributed by atoms with Crippen LogP contribution in [0.2, 0.25) is 5.02 Å². The number of non-ortho nitro benzene ring substituents is 1. The number of aliphatic hydroxyl groups is 1. The molecule has 0 saturated carbocycles. The number of nitrogens with zero attached hydrogens (tertiary/aromatic N) is 2. The van der Waals surface area contributed by atoms with Crippen LogP contribution < -0.4 is 4.90 Å². The summed E-state index contributed by atoms with van der Waals surface area (Å²) < 4.78 is 0. The third-order valence-electron chi connectivity index (χ3n) is 5.27. The van der Waals surface area contributed by atoms with E-state index >= 15 is 0 Å². The predicted molar refractivity (Wildman–Crippen MR) is 121 cm³/mol. The summed E-state index contributed by atoms with van der Waals surface area (Å²) in [6, 6.07) is 17.7. The number of hydrogen-bond acceptors (Lipinski definition) is 5. The van der Waals surface area contributed by atoms with Gasteiger partial charge < -0.3 is 5.11 Å². The van der Waals surface area contributed by atoms with Gasteiger partial charge >= 0.3 is 0 Å². The molecular formula is C24H17ClN2O5. The van der Waals surface area contributed by atoms with Crippen LogP contribution in [0.4, 0.5) is 11.4 Å². The lowest BCUT2D eigenvalue weighted by molar-refractivity contribution is -0.384. The van der Waals surface area contributed by atoms with Gasteiger partial charge in [0, 0.05) is 28.4 Å². The molecular weight excluding hydrogens is 432 g/mol. The highest BCUT2D eigenvalue weighted by Crippen LogP contribution is 2.42. The SMILES string of the molecule is Cc1ccc(N2C(=O)C(=O)/C(=C(/O)c3ccc(Cl)cc3)[C@@H]2c2cccc([N+](=O)[O-])c2)cc1. The molecule has 0 aliphatic carbocycles. The Bertz CT molecular complexity index is 1270. The average Bonchev–Trinajstić information content (AvgIpc) is 3.05. The Morgan fingerprint density at radius 2 is 1.69 bits per heavy atom. The molecule has 1 aliphatic rings. The van der Waals surface area contributed by atoms with Gasteiger partial charge in [0.1, 0.15) is 5.76 Å². The predicted octanol–water partition coefficient (Wildman–Crippen LogP) is 5.18. The molecule has 1 N–H and O–H groups in total. The molecule has 1 saturated heterocycles. The lowest BCUT2D eigenvalue weighted by atomic mass is 9.94. The van der Waals surface area contributed by atoms with Gasteiger partial charge in [0.25, 0.3) is 17.4 Å². The first-order valence-corrected chi connectivity index (χ1v) is 10.0. The molecule has 1 fully saturated rings. The van der Waals surface area contributed by atoms with Crippen LogP contribution in [0.3, 0.4) is 0 Å². The van der Waals surface area contributed by atoms with Gasteiger partial charge in [-0.15, -0.1) is 0 Å². The minimum atomic E-state index is -1.05. The van der Waals surface area contributed by atoms with Crippen molar-refractivity contribution in [2.24, 2.45) is 0 Å². The van der Waals surface area contributed by atoms with Crippen LogP contribution in [0.15, 0.2) is 78.4 Å². The van der Waals surface area contributed by atoms with Crippen LogP contribution in [0.25, 0.3) is 5.76 Å². The number of carbonyl (C=O) groups excluding carboxylic acids is 2.